The summed E-state index contributed by atoms with van der Waals surface area (Å²) in [5, 5.41) is 9.90. The molecular formula is C15H21IN4S2. The molecule has 0 aromatic carbocycles. The third kappa shape index (κ3) is 5.51. The molecule has 0 aliphatic rings. The van der Waals surface area contributed by atoms with E-state index in [1.165, 1.54) is 7.76 Å². The van der Waals surface area contributed by atoms with Crippen LogP contribution in [0.5, 0.6) is 0 Å². The summed E-state index contributed by atoms with van der Waals surface area (Å²) in [5.41, 5.74) is 1.16. The lowest BCUT2D eigenvalue weighted by Gasteiger charge is -2.10. The zero-order chi connectivity index (χ0) is 15.9. The molecule has 2 aromatic rings. The highest BCUT2D eigenvalue weighted by molar-refractivity contribution is 14.1. The second kappa shape index (κ2) is 8.83. The van der Waals surface area contributed by atoms with E-state index in [1.54, 1.807) is 18.4 Å². The molecule has 0 atom stereocenters. The van der Waals surface area contributed by atoms with Crippen LogP contribution in [0, 0.1) is 2.88 Å². The maximum atomic E-state index is 4.62. The first-order chi connectivity index (χ1) is 10.6. The Labute approximate surface area is 153 Å². The maximum Gasteiger partial charge on any atom is 0.191 e. The van der Waals surface area contributed by atoms with Crippen LogP contribution in [0.1, 0.15) is 35.3 Å². The fraction of sp³-hybridized carbons (Fsp3) is 0.467. The summed E-state index contributed by atoms with van der Waals surface area (Å²) in [6.45, 7) is 5.93. The standard InChI is InChI=1S/C15H21IN4S2/c1-10(2)12-9-21-14(20-12)8-19-15(17-3)18-7-6-11-4-5-13(16)22-11/h4-5,9-10H,6-8H2,1-3H3,(H2,17,18,19). The molecule has 0 fully saturated rings. The molecule has 22 heavy (non-hydrogen) atoms. The lowest BCUT2D eigenvalue weighted by molar-refractivity contribution is 0.781. The van der Waals surface area contributed by atoms with E-state index in [4.69, 9.17) is 0 Å². The van der Waals surface area contributed by atoms with Crippen molar-refractivity contribution in [1.29, 1.82) is 0 Å². The minimum absolute atomic E-state index is 0.482. The van der Waals surface area contributed by atoms with Gasteiger partial charge < -0.3 is 10.6 Å². The van der Waals surface area contributed by atoms with Crippen LogP contribution < -0.4 is 10.6 Å². The molecule has 0 amide bonds. The lowest BCUT2D eigenvalue weighted by Crippen LogP contribution is -2.37. The van der Waals surface area contributed by atoms with E-state index in [1.807, 2.05) is 11.3 Å². The molecule has 2 N–H and O–H groups in total. The van der Waals surface area contributed by atoms with Crippen molar-refractivity contribution >= 4 is 51.2 Å². The Hall–Kier alpha value is -0.670. The maximum absolute atomic E-state index is 4.62. The summed E-state index contributed by atoms with van der Waals surface area (Å²) in [6.07, 6.45) is 1.02. The van der Waals surface area contributed by atoms with Gasteiger partial charge in [0.05, 0.1) is 15.1 Å². The minimum Gasteiger partial charge on any atom is -0.356 e. The van der Waals surface area contributed by atoms with Crippen LogP contribution in [-0.2, 0) is 13.0 Å². The van der Waals surface area contributed by atoms with Crippen LogP contribution in [0.3, 0.4) is 0 Å². The topological polar surface area (TPSA) is 49.3 Å². The van der Waals surface area contributed by atoms with E-state index < -0.39 is 0 Å². The Kier molecular flexibility index (Phi) is 7.10. The van der Waals surface area contributed by atoms with Gasteiger partial charge in [-0.1, -0.05) is 13.8 Å². The number of halogens is 1. The van der Waals surface area contributed by atoms with E-state index in [-0.39, 0.29) is 0 Å². The number of hydrogen-bond acceptors (Lipinski definition) is 4. The molecule has 0 aliphatic carbocycles. The van der Waals surface area contributed by atoms with Gasteiger partial charge in [0.2, 0.25) is 0 Å². The molecule has 0 bridgehead atoms. The second-order valence-corrected chi connectivity index (χ2v) is 9.13. The zero-order valence-electron chi connectivity index (χ0n) is 13.0. The van der Waals surface area contributed by atoms with Gasteiger partial charge in [0.15, 0.2) is 5.96 Å². The first-order valence-corrected chi connectivity index (χ1v) is 9.99. The van der Waals surface area contributed by atoms with Crippen molar-refractivity contribution in [3.05, 3.63) is 36.0 Å². The first kappa shape index (κ1) is 17.7. The number of rotatable bonds is 6. The number of aliphatic imine (C=N–C) groups is 1. The average Bonchev–Trinajstić information content (AvgIpc) is 3.11. The summed E-state index contributed by atoms with van der Waals surface area (Å²) in [7, 11) is 1.80. The number of nitrogens with zero attached hydrogens (tertiary/aromatic N) is 2. The predicted octanol–water partition coefficient (Wildman–Crippen LogP) is 3.84. The van der Waals surface area contributed by atoms with E-state index in [9.17, 15) is 0 Å². The summed E-state index contributed by atoms with van der Waals surface area (Å²) < 4.78 is 1.33. The summed E-state index contributed by atoms with van der Waals surface area (Å²) in [5.74, 6) is 1.31. The van der Waals surface area contributed by atoms with Crippen LogP contribution in [0.25, 0.3) is 0 Å². The van der Waals surface area contributed by atoms with E-state index in [2.05, 4.69) is 74.6 Å². The number of hydrogen-bond donors (Lipinski definition) is 2. The van der Waals surface area contributed by atoms with E-state index in [0.29, 0.717) is 12.5 Å². The molecule has 2 aromatic heterocycles. The van der Waals surface area contributed by atoms with Gasteiger partial charge in [-0.3, -0.25) is 4.99 Å². The third-order valence-electron chi connectivity index (χ3n) is 3.08. The highest BCUT2D eigenvalue weighted by atomic mass is 127. The highest BCUT2D eigenvalue weighted by Crippen LogP contribution is 2.18. The molecule has 0 saturated carbocycles. The van der Waals surface area contributed by atoms with Gasteiger partial charge in [0.25, 0.3) is 0 Å². The van der Waals surface area contributed by atoms with Crippen LogP contribution >= 0.6 is 45.3 Å². The molecule has 2 rings (SSSR count). The highest BCUT2D eigenvalue weighted by Gasteiger charge is 2.06. The first-order valence-electron chi connectivity index (χ1n) is 7.21. The number of thiazole rings is 1. The normalized spacial score (nSPS) is 12.0. The van der Waals surface area contributed by atoms with E-state index in [0.717, 1.165) is 29.6 Å². The molecule has 0 unspecified atom stereocenters. The Bertz CT molecular complexity index is 619. The largest absolute Gasteiger partial charge is 0.356 e. The van der Waals surface area contributed by atoms with Crippen LogP contribution in [0.2, 0.25) is 0 Å². The van der Waals surface area contributed by atoms with Gasteiger partial charge in [-0.25, -0.2) is 4.98 Å². The van der Waals surface area contributed by atoms with Crippen LogP contribution in [0.4, 0.5) is 0 Å². The molecule has 0 saturated heterocycles. The Balaban J connectivity index is 1.74. The fourth-order valence-corrected chi connectivity index (χ4v) is 4.49. The average molecular weight is 448 g/mol. The van der Waals surface area contributed by atoms with Gasteiger partial charge in [-0.2, -0.15) is 0 Å². The number of guanidine groups is 1. The van der Waals surface area contributed by atoms with Crippen molar-refractivity contribution in [3.63, 3.8) is 0 Å². The number of thiophene rings is 1. The Morgan fingerprint density at radius 3 is 2.77 bits per heavy atom. The molecule has 0 aliphatic heterocycles. The predicted molar refractivity (Wildman–Crippen MR) is 105 cm³/mol. The van der Waals surface area contributed by atoms with E-state index >= 15 is 0 Å². The second-order valence-electron chi connectivity index (χ2n) is 5.13. The van der Waals surface area contributed by atoms with Crippen molar-refractivity contribution in [3.8, 4) is 0 Å². The molecule has 4 nitrogen and oxygen atoms in total. The molecule has 0 radical (unpaired) electrons. The smallest absolute Gasteiger partial charge is 0.191 e. The van der Waals surface area contributed by atoms with Crippen molar-refractivity contribution in [2.75, 3.05) is 13.6 Å². The van der Waals surface area contributed by atoms with Crippen molar-refractivity contribution in [1.82, 2.24) is 15.6 Å². The minimum atomic E-state index is 0.482. The summed E-state index contributed by atoms with van der Waals surface area (Å²) >= 11 is 5.89. The summed E-state index contributed by atoms with van der Waals surface area (Å²) in [6, 6.07) is 4.34. The molecule has 2 heterocycles. The summed E-state index contributed by atoms with van der Waals surface area (Å²) in [4.78, 5) is 10.3. The monoisotopic (exact) mass is 448 g/mol. The Morgan fingerprint density at radius 2 is 2.18 bits per heavy atom. The van der Waals surface area contributed by atoms with Crippen molar-refractivity contribution in [2.24, 2.45) is 4.99 Å². The van der Waals surface area contributed by atoms with Gasteiger partial charge in [-0.05, 0) is 47.1 Å². The van der Waals surface area contributed by atoms with Crippen LogP contribution in [-0.4, -0.2) is 24.5 Å². The fourth-order valence-electron chi connectivity index (χ4n) is 1.84. The quantitative estimate of drug-likeness (QED) is 0.401. The molecular weight excluding hydrogens is 427 g/mol. The van der Waals surface area contributed by atoms with Gasteiger partial charge in [0.1, 0.15) is 5.01 Å². The molecule has 0 spiro atoms. The lowest BCUT2D eigenvalue weighted by atomic mass is 10.2. The van der Waals surface area contributed by atoms with Gasteiger partial charge >= 0.3 is 0 Å². The van der Waals surface area contributed by atoms with Gasteiger partial charge in [0, 0.05) is 23.8 Å². The Morgan fingerprint density at radius 1 is 1.36 bits per heavy atom. The van der Waals surface area contributed by atoms with Crippen LogP contribution in [0.15, 0.2) is 22.5 Å². The third-order valence-corrected chi connectivity index (χ3v) is 5.91. The van der Waals surface area contributed by atoms with Crippen molar-refractivity contribution in [2.45, 2.75) is 32.7 Å². The SMILES string of the molecule is CN=C(NCCc1ccc(I)s1)NCc1nc(C(C)C)cs1. The van der Waals surface area contributed by atoms with Gasteiger partial charge in [-0.15, -0.1) is 22.7 Å². The number of nitrogens with one attached hydrogen (secondary N) is 2. The number of aromatic nitrogens is 1. The zero-order valence-corrected chi connectivity index (χ0v) is 16.8. The molecule has 120 valence electrons. The molecule has 7 heteroatoms. The van der Waals surface area contributed by atoms with Crippen molar-refractivity contribution < 1.29 is 0 Å².